The molecule has 0 unspecified atom stereocenters. The molecule has 0 fully saturated rings. The molecule has 1 aromatic rings. The van der Waals surface area contributed by atoms with Crippen LogP contribution in [0.1, 0.15) is 44.9 Å². The second-order valence-corrected chi connectivity index (χ2v) is 5.82. The molecule has 0 aromatic heterocycles. The topological polar surface area (TPSA) is 78.8 Å². The van der Waals surface area contributed by atoms with Crippen LogP contribution in [0.15, 0.2) is 18.2 Å². The molecule has 0 aliphatic heterocycles. The van der Waals surface area contributed by atoms with Gasteiger partial charge in [0.2, 0.25) is 0 Å². The Labute approximate surface area is 119 Å². The van der Waals surface area contributed by atoms with Gasteiger partial charge in [-0.25, -0.2) is 0 Å². The highest BCUT2D eigenvalue weighted by Gasteiger charge is 2.15. The number of phenolic OH excluding ortho intramolecular Hbond substituents is 1. The normalized spacial score (nSPS) is 13.1. The summed E-state index contributed by atoms with van der Waals surface area (Å²) in [7, 11) is 0. The van der Waals surface area contributed by atoms with Gasteiger partial charge in [-0.2, -0.15) is 0 Å². The first-order valence-corrected chi connectivity index (χ1v) is 6.57. The van der Waals surface area contributed by atoms with Crippen LogP contribution in [0.4, 0.5) is 0 Å². The fourth-order valence-electron chi connectivity index (χ4n) is 1.63. The Balaban J connectivity index is 2.75. The van der Waals surface area contributed by atoms with Gasteiger partial charge in [0.25, 0.3) is 0 Å². The average Bonchev–Trinajstić information content (AvgIpc) is 2.34. The lowest BCUT2D eigenvalue weighted by Crippen LogP contribution is -2.38. The van der Waals surface area contributed by atoms with Crippen molar-refractivity contribution in [3.63, 3.8) is 0 Å². The summed E-state index contributed by atoms with van der Waals surface area (Å²) in [6.07, 6.45) is -0.689. The van der Waals surface area contributed by atoms with Crippen LogP contribution >= 0.6 is 0 Å². The van der Waals surface area contributed by atoms with E-state index in [9.17, 15) is 15.0 Å². The maximum atomic E-state index is 10.8. The van der Waals surface area contributed by atoms with Gasteiger partial charge < -0.3 is 20.3 Å². The number of hydrogen-bond donors (Lipinski definition) is 3. The van der Waals surface area contributed by atoms with Crippen LogP contribution in [0.2, 0.25) is 0 Å². The third kappa shape index (κ3) is 5.59. The molecule has 0 saturated heterocycles. The lowest BCUT2D eigenvalue weighted by Gasteiger charge is -2.23. The van der Waals surface area contributed by atoms with E-state index in [2.05, 4.69) is 5.32 Å². The molecule has 0 heterocycles. The number of phenols is 1. The minimum absolute atomic E-state index is 0.00553. The Kier molecular flexibility index (Phi) is 5.53. The molecule has 112 valence electrons. The van der Waals surface area contributed by atoms with Gasteiger partial charge in [-0.15, -0.1) is 0 Å². The van der Waals surface area contributed by atoms with Gasteiger partial charge in [-0.1, -0.05) is 6.07 Å². The molecule has 0 saturated carbocycles. The van der Waals surface area contributed by atoms with E-state index in [1.54, 1.807) is 12.1 Å². The van der Waals surface area contributed by atoms with Gasteiger partial charge in [0.15, 0.2) is 0 Å². The lowest BCUT2D eigenvalue weighted by molar-refractivity contribution is -0.142. The number of aliphatic hydroxyl groups is 1. The summed E-state index contributed by atoms with van der Waals surface area (Å²) in [5, 5.41) is 23.0. The minimum Gasteiger partial charge on any atom is -0.508 e. The summed E-state index contributed by atoms with van der Waals surface area (Å²) in [6.45, 7) is 7.76. The molecule has 1 aromatic carbocycles. The van der Waals surface area contributed by atoms with E-state index in [1.165, 1.54) is 13.0 Å². The Morgan fingerprint density at radius 1 is 1.40 bits per heavy atom. The van der Waals surface area contributed by atoms with Gasteiger partial charge in [0.05, 0.1) is 6.10 Å². The monoisotopic (exact) mass is 281 g/mol. The van der Waals surface area contributed by atoms with Gasteiger partial charge >= 0.3 is 5.97 Å². The van der Waals surface area contributed by atoms with Crippen molar-refractivity contribution in [1.29, 1.82) is 0 Å². The molecule has 1 atom stereocenters. The second-order valence-electron chi connectivity index (χ2n) is 5.82. The van der Waals surface area contributed by atoms with Crippen molar-refractivity contribution < 1.29 is 19.7 Å². The van der Waals surface area contributed by atoms with E-state index in [-0.39, 0.29) is 17.9 Å². The van der Waals surface area contributed by atoms with Crippen molar-refractivity contribution in [1.82, 2.24) is 5.32 Å². The number of carbonyl (C=O) groups is 1. The molecule has 5 nitrogen and oxygen atoms in total. The highest BCUT2D eigenvalue weighted by atomic mass is 16.5. The van der Waals surface area contributed by atoms with Crippen LogP contribution in [0.5, 0.6) is 5.75 Å². The van der Waals surface area contributed by atoms with Gasteiger partial charge in [-0.3, -0.25) is 4.79 Å². The molecular weight excluding hydrogens is 258 g/mol. The Hall–Kier alpha value is -1.59. The number of β-amino-alcohol motifs (C(OH)–C–C–N with tert-alkyl or cyclic N) is 1. The number of aromatic hydroxyl groups is 1. The van der Waals surface area contributed by atoms with E-state index in [0.717, 1.165) is 0 Å². The lowest BCUT2D eigenvalue weighted by atomic mass is 10.0. The maximum Gasteiger partial charge on any atom is 0.302 e. The predicted molar refractivity (Wildman–Crippen MR) is 76.3 cm³/mol. The first-order chi connectivity index (χ1) is 9.19. The fraction of sp³-hybridized carbons (Fsp3) is 0.533. The van der Waals surface area contributed by atoms with E-state index in [4.69, 9.17) is 4.74 Å². The number of nitrogens with one attached hydrogen (secondary N) is 1. The van der Waals surface area contributed by atoms with Gasteiger partial charge in [-0.05, 0) is 38.5 Å². The molecule has 0 aliphatic rings. The molecule has 0 amide bonds. The van der Waals surface area contributed by atoms with Crippen molar-refractivity contribution in [2.45, 2.75) is 45.9 Å². The fourth-order valence-corrected chi connectivity index (χ4v) is 1.63. The third-order valence-electron chi connectivity index (χ3n) is 2.75. The molecule has 20 heavy (non-hydrogen) atoms. The number of rotatable bonds is 5. The Bertz CT molecular complexity index is 465. The number of aliphatic hydroxyl groups excluding tert-OH is 1. The van der Waals surface area contributed by atoms with Crippen LogP contribution in [-0.2, 0) is 16.1 Å². The third-order valence-corrected chi connectivity index (χ3v) is 2.75. The summed E-state index contributed by atoms with van der Waals surface area (Å²) in [5.41, 5.74) is 1.06. The highest BCUT2D eigenvalue weighted by molar-refractivity contribution is 5.66. The van der Waals surface area contributed by atoms with Crippen LogP contribution in [0.25, 0.3) is 0 Å². The molecule has 0 spiro atoms. The number of hydrogen-bond acceptors (Lipinski definition) is 5. The molecular formula is C15H23NO4. The van der Waals surface area contributed by atoms with Gasteiger partial charge in [0, 0.05) is 24.6 Å². The average molecular weight is 281 g/mol. The van der Waals surface area contributed by atoms with E-state index in [0.29, 0.717) is 17.7 Å². The first kappa shape index (κ1) is 16.5. The zero-order valence-electron chi connectivity index (χ0n) is 12.4. The first-order valence-electron chi connectivity index (χ1n) is 6.57. The Morgan fingerprint density at radius 2 is 2.05 bits per heavy atom. The van der Waals surface area contributed by atoms with Crippen molar-refractivity contribution in [2.75, 3.05) is 6.54 Å². The van der Waals surface area contributed by atoms with E-state index >= 15 is 0 Å². The van der Waals surface area contributed by atoms with Crippen LogP contribution < -0.4 is 5.32 Å². The van der Waals surface area contributed by atoms with Crippen LogP contribution in [-0.4, -0.2) is 28.3 Å². The van der Waals surface area contributed by atoms with Crippen molar-refractivity contribution in [2.24, 2.45) is 0 Å². The van der Waals surface area contributed by atoms with Gasteiger partial charge in [0.1, 0.15) is 12.4 Å². The van der Waals surface area contributed by atoms with E-state index < -0.39 is 12.1 Å². The molecule has 0 aliphatic carbocycles. The van der Waals surface area contributed by atoms with Crippen molar-refractivity contribution in [3.8, 4) is 5.75 Å². The smallest absolute Gasteiger partial charge is 0.302 e. The van der Waals surface area contributed by atoms with Crippen LogP contribution in [0.3, 0.4) is 0 Å². The summed E-state index contributed by atoms with van der Waals surface area (Å²) >= 11 is 0. The number of esters is 1. The second kappa shape index (κ2) is 6.72. The van der Waals surface area contributed by atoms with Crippen LogP contribution in [0, 0.1) is 0 Å². The zero-order chi connectivity index (χ0) is 15.3. The summed E-state index contributed by atoms with van der Waals surface area (Å²) in [6, 6.07) is 4.79. The number of benzene rings is 1. The summed E-state index contributed by atoms with van der Waals surface area (Å²) in [4.78, 5) is 10.8. The SMILES string of the molecule is CC(=O)OCc1cc([C@@H](O)CNC(C)(C)C)ccc1O. The van der Waals surface area contributed by atoms with Crippen molar-refractivity contribution >= 4 is 5.97 Å². The molecule has 0 bridgehead atoms. The number of ether oxygens (including phenoxy) is 1. The Morgan fingerprint density at radius 3 is 2.60 bits per heavy atom. The molecule has 3 N–H and O–H groups in total. The largest absolute Gasteiger partial charge is 0.508 e. The molecule has 0 radical (unpaired) electrons. The van der Waals surface area contributed by atoms with Crippen molar-refractivity contribution in [3.05, 3.63) is 29.3 Å². The quantitative estimate of drug-likeness (QED) is 0.718. The standard InChI is InChI=1S/C15H23NO4/c1-10(17)20-9-12-7-11(5-6-13(12)18)14(19)8-16-15(2,3)4/h5-7,14,16,18-19H,8-9H2,1-4H3/t14-/m0/s1. The predicted octanol–water partition coefficient (Wildman–Crippen LogP) is 1.88. The minimum atomic E-state index is -0.689. The maximum absolute atomic E-state index is 10.8. The van der Waals surface area contributed by atoms with E-state index in [1.807, 2.05) is 20.8 Å². The highest BCUT2D eigenvalue weighted by Crippen LogP contribution is 2.23. The zero-order valence-corrected chi connectivity index (χ0v) is 12.4. The summed E-state index contributed by atoms with van der Waals surface area (Å²) < 4.78 is 4.86. The molecule has 1 rings (SSSR count). The number of carbonyl (C=O) groups excluding carboxylic acids is 1. The molecule has 5 heteroatoms. The summed E-state index contributed by atoms with van der Waals surface area (Å²) in [5.74, 6) is -0.365.